The van der Waals surface area contributed by atoms with E-state index in [4.69, 9.17) is 9.47 Å². The maximum Gasteiger partial charge on any atom is 0.329 e. The number of ether oxygens (including phenoxy) is 2. The van der Waals surface area contributed by atoms with E-state index in [9.17, 15) is 19.2 Å². The number of carbonyl (C=O) groups is 4. The summed E-state index contributed by atoms with van der Waals surface area (Å²) < 4.78 is 11.0. The lowest BCUT2D eigenvalue weighted by atomic mass is 10.1. The number of unbranched alkanes of at least 4 members (excludes halogenated alkanes) is 18. The molecule has 0 aromatic heterocycles. The summed E-state index contributed by atoms with van der Waals surface area (Å²) in [6.07, 6.45) is 25.4. The Kier molecular flexibility index (Phi) is 30.9. The van der Waals surface area contributed by atoms with Crippen LogP contribution in [0.5, 0.6) is 0 Å². The van der Waals surface area contributed by atoms with Crippen molar-refractivity contribution in [2.75, 3.05) is 80.1 Å². The molecule has 0 fully saturated rings. The van der Waals surface area contributed by atoms with E-state index >= 15 is 0 Å². The molecule has 0 aliphatic carbocycles. The van der Waals surface area contributed by atoms with Gasteiger partial charge in [-0.2, -0.15) is 0 Å². The standard InChI is InChI=1S/C40H78N4O6S2/c1-9-11-13-15-17-19-21-23-25-27-29-43(3,4)31-37(45)41-35(39(47)49-7)33-51-52-34-36(40(48)50-8)42-38(46)32-44(5,6)30-28-26-24-22-20-18-16-14-12-10-2/h35-36H,9-34H2,1-8H3/p+2/t35-,36-/m0/s1. The van der Waals surface area contributed by atoms with Crippen molar-refractivity contribution in [2.24, 2.45) is 0 Å². The third-order valence-corrected chi connectivity index (χ3v) is 12.0. The maximum absolute atomic E-state index is 13.0. The van der Waals surface area contributed by atoms with E-state index in [-0.39, 0.29) is 36.4 Å². The van der Waals surface area contributed by atoms with Gasteiger partial charge < -0.3 is 29.1 Å². The fourth-order valence-electron chi connectivity index (χ4n) is 6.32. The highest BCUT2D eigenvalue weighted by Gasteiger charge is 2.28. The summed E-state index contributed by atoms with van der Waals surface area (Å²) in [6.45, 7) is 6.83. The Morgan fingerprint density at radius 3 is 1.02 bits per heavy atom. The molecule has 2 amide bonds. The molecular formula is C40H80N4O6S2+2. The number of likely N-dealkylation sites (N-methyl/N-ethyl adjacent to an activating group) is 2. The number of quaternary nitrogens is 2. The predicted octanol–water partition coefficient (Wildman–Crippen LogP) is 7.68. The summed E-state index contributed by atoms with van der Waals surface area (Å²) in [6, 6.07) is -1.63. The van der Waals surface area contributed by atoms with Crippen molar-refractivity contribution < 1.29 is 37.6 Å². The molecule has 306 valence electrons. The number of hydrogen-bond acceptors (Lipinski definition) is 8. The van der Waals surface area contributed by atoms with Crippen LogP contribution in [0.15, 0.2) is 0 Å². The average molecular weight is 777 g/mol. The Labute approximate surface area is 327 Å². The molecule has 0 aliphatic rings. The first-order valence-electron chi connectivity index (χ1n) is 20.4. The normalized spacial score (nSPS) is 13.0. The zero-order chi connectivity index (χ0) is 39.1. The molecule has 2 atom stereocenters. The molecule has 0 aromatic carbocycles. The van der Waals surface area contributed by atoms with Crippen molar-refractivity contribution in [3.8, 4) is 0 Å². The minimum absolute atomic E-state index is 0.198. The number of carbonyl (C=O) groups excluding carboxylic acids is 4. The molecule has 0 saturated heterocycles. The van der Waals surface area contributed by atoms with Crippen molar-refractivity contribution in [1.29, 1.82) is 0 Å². The molecular weight excluding hydrogens is 697 g/mol. The first-order valence-corrected chi connectivity index (χ1v) is 22.9. The zero-order valence-electron chi connectivity index (χ0n) is 34.7. The minimum Gasteiger partial charge on any atom is -0.467 e. The van der Waals surface area contributed by atoms with Crippen LogP contribution in [0.4, 0.5) is 0 Å². The highest BCUT2D eigenvalue weighted by Crippen LogP contribution is 2.24. The predicted molar refractivity (Wildman–Crippen MR) is 220 cm³/mol. The number of hydrogen-bond donors (Lipinski definition) is 2. The lowest BCUT2D eigenvalue weighted by Gasteiger charge is -2.30. The average Bonchev–Trinajstić information content (AvgIpc) is 3.09. The first kappa shape index (κ1) is 50.5. The molecule has 0 spiro atoms. The third-order valence-electron chi connectivity index (χ3n) is 9.57. The number of nitrogens with zero attached hydrogens (tertiary/aromatic N) is 2. The van der Waals surface area contributed by atoms with Gasteiger partial charge in [0.25, 0.3) is 11.8 Å². The van der Waals surface area contributed by atoms with E-state index in [1.54, 1.807) is 0 Å². The van der Waals surface area contributed by atoms with E-state index in [1.165, 1.54) is 151 Å². The van der Waals surface area contributed by atoms with Crippen LogP contribution in [0.25, 0.3) is 0 Å². The fourth-order valence-corrected chi connectivity index (χ4v) is 8.62. The maximum atomic E-state index is 13.0. The lowest BCUT2D eigenvalue weighted by Crippen LogP contribution is -2.52. The number of methoxy groups -OCH3 is 2. The van der Waals surface area contributed by atoms with Gasteiger partial charge in [0, 0.05) is 11.5 Å². The second kappa shape index (κ2) is 31.8. The van der Waals surface area contributed by atoms with Crippen LogP contribution in [-0.4, -0.2) is 125 Å². The SMILES string of the molecule is CCCCCCCCCCCC[N+](C)(C)CC(=O)N[C@@H](CSSC[C@H](NC(=O)C[N+](C)(C)CCCCCCCCCCCC)C(=O)OC)C(=O)OC. The highest BCUT2D eigenvalue weighted by atomic mass is 33.1. The summed E-state index contributed by atoms with van der Waals surface area (Å²) in [5, 5.41) is 5.71. The number of rotatable bonds is 35. The van der Waals surface area contributed by atoms with Crippen LogP contribution in [0.3, 0.4) is 0 Å². The van der Waals surface area contributed by atoms with Crippen LogP contribution in [0, 0.1) is 0 Å². The molecule has 12 heteroatoms. The zero-order valence-corrected chi connectivity index (χ0v) is 36.3. The van der Waals surface area contributed by atoms with Gasteiger partial charge in [-0.1, -0.05) is 138 Å². The van der Waals surface area contributed by atoms with E-state index in [1.807, 2.05) is 28.2 Å². The minimum atomic E-state index is -0.817. The molecule has 10 nitrogen and oxygen atoms in total. The Balaban J connectivity index is 4.59. The Morgan fingerprint density at radius 1 is 0.481 bits per heavy atom. The molecule has 0 saturated carbocycles. The third kappa shape index (κ3) is 28.9. The van der Waals surface area contributed by atoms with Gasteiger partial charge in [-0.3, -0.25) is 9.59 Å². The fraction of sp³-hybridized carbons (Fsp3) is 0.900. The smallest absolute Gasteiger partial charge is 0.329 e. The monoisotopic (exact) mass is 777 g/mol. The van der Waals surface area contributed by atoms with Gasteiger partial charge in [0.2, 0.25) is 0 Å². The van der Waals surface area contributed by atoms with Gasteiger partial charge in [-0.15, -0.1) is 0 Å². The van der Waals surface area contributed by atoms with E-state index in [2.05, 4.69) is 24.5 Å². The molecule has 52 heavy (non-hydrogen) atoms. The van der Waals surface area contributed by atoms with E-state index in [0.29, 0.717) is 8.97 Å². The van der Waals surface area contributed by atoms with Gasteiger partial charge in [0.05, 0.1) is 55.5 Å². The van der Waals surface area contributed by atoms with Crippen molar-refractivity contribution in [3.63, 3.8) is 0 Å². The molecule has 0 radical (unpaired) electrons. The molecule has 0 heterocycles. The lowest BCUT2D eigenvalue weighted by molar-refractivity contribution is -0.882. The highest BCUT2D eigenvalue weighted by molar-refractivity contribution is 8.76. The second-order valence-corrected chi connectivity index (χ2v) is 18.4. The van der Waals surface area contributed by atoms with Crippen LogP contribution >= 0.6 is 21.6 Å². The van der Waals surface area contributed by atoms with Crippen LogP contribution in [0.1, 0.15) is 142 Å². The molecule has 0 aromatic rings. The molecule has 0 aliphatic heterocycles. The number of esters is 2. The molecule has 0 rings (SSSR count). The Hall–Kier alpha value is -1.50. The van der Waals surface area contributed by atoms with Gasteiger partial charge in [-0.25, -0.2) is 9.59 Å². The summed E-state index contributed by atoms with van der Waals surface area (Å²) in [5.41, 5.74) is 0. The van der Waals surface area contributed by atoms with Gasteiger partial charge in [-0.05, 0) is 25.7 Å². The van der Waals surface area contributed by atoms with Crippen molar-refractivity contribution in [3.05, 3.63) is 0 Å². The van der Waals surface area contributed by atoms with E-state index < -0.39 is 24.0 Å². The topological polar surface area (TPSA) is 111 Å². The number of amides is 2. The second-order valence-electron chi connectivity index (χ2n) is 15.9. The summed E-state index contributed by atoms with van der Waals surface area (Å²) in [5.74, 6) is -0.893. The first-order chi connectivity index (χ1) is 24.8. The Bertz CT molecular complexity index is 879. The van der Waals surface area contributed by atoms with Gasteiger partial charge in [0.15, 0.2) is 13.1 Å². The quantitative estimate of drug-likeness (QED) is 0.0292. The molecule has 0 bridgehead atoms. The number of nitrogens with one attached hydrogen (secondary N) is 2. The largest absolute Gasteiger partial charge is 0.467 e. The van der Waals surface area contributed by atoms with Crippen LogP contribution in [0.2, 0.25) is 0 Å². The Morgan fingerprint density at radius 2 is 0.750 bits per heavy atom. The van der Waals surface area contributed by atoms with Crippen LogP contribution in [-0.2, 0) is 28.7 Å². The molecule has 0 unspecified atom stereocenters. The van der Waals surface area contributed by atoms with Gasteiger partial charge >= 0.3 is 11.9 Å². The summed E-state index contributed by atoms with van der Waals surface area (Å²) in [4.78, 5) is 51.0. The summed E-state index contributed by atoms with van der Waals surface area (Å²) in [7, 11) is 13.5. The molecule has 2 N–H and O–H groups in total. The van der Waals surface area contributed by atoms with Crippen molar-refractivity contribution in [1.82, 2.24) is 10.6 Å². The van der Waals surface area contributed by atoms with Crippen molar-refractivity contribution in [2.45, 2.75) is 154 Å². The van der Waals surface area contributed by atoms with Crippen molar-refractivity contribution >= 4 is 45.3 Å². The van der Waals surface area contributed by atoms with Gasteiger partial charge in [0.1, 0.15) is 12.1 Å². The van der Waals surface area contributed by atoms with E-state index in [0.717, 1.165) is 25.9 Å². The summed E-state index contributed by atoms with van der Waals surface area (Å²) >= 11 is 0. The van der Waals surface area contributed by atoms with Crippen LogP contribution < -0.4 is 10.6 Å².